The number of aromatic nitrogens is 5. The summed E-state index contributed by atoms with van der Waals surface area (Å²) >= 11 is 0.862. The van der Waals surface area contributed by atoms with Crippen LogP contribution < -0.4 is 0 Å². The van der Waals surface area contributed by atoms with E-state index < -0.39 is 22.8 Å². The Hall–Kier alpha value is -3.42. The molecule has 0 atom stereocenters. The highest BCUT2D eigenvalue weighted by Gasteiger charge is 2.35. The largest absolute Gasteiger partial charge is 0.481 e. The lowest BCUT2D eigenvalue weighted by molar-refractivity contribution is -0.384. The standard InChI is InChI=1S/C15H11F3N6O4S/c1-23-10(5-11(22-23)15(16,17)18)7-2-8(4-9(3-7)24(27)28)13-19-14(21-20-13)29-6-12(25)26/h2-5H,6H2,1H3,(H,25,26)(H,19,20,21). The molecule has 3 rings (SSSR count). The van der Waals surface area contributed by atoms with Crippen LogP contribution in [-0.2, 0) is 18.0 Å². The van der Waals surface area contributed by atoms with Crippen molar-refractivity contribution < 1.29 is 28.0 Å². The smallest absolute Gasteiger partial charge is 0.435 e. The molecule has 2 N–H and O–H groups in total. The maximum absolute atomic E-state index is 12.9. The SMILES string of the molecule is Cn1nc(C(F)(F)F)cc1-c1cc(-c2nnc(SCC(=O)O)[nH]2)cc([N+](=O)[O-])c1. The van der Waals surface area contributed by atoms with E-state index in [1.54, 1.807) is 0 Å². The van der Waals surface area contributed by atoms with Gasteiger partial charge in [-0.15, -0.1) is 10.2 Å². The number of rotatable bonds is 6. The third-order valence-corrected chi connectivity index (χ3v) is 4.52. The van der Waals surface area contributed by atoms with Crippen LogP contribution in [0.1, 0.15) is 5.69 Å². The Bertz CT molecular complexity index is 1090. The molecule has 0 fully saturated rings. The maximum atomic E-state index is 12.9. The Morgan fingerprint density at radius 2 is 1.97 bits per heavy atom. The van der Waals surface area contributed by atoms with Gasteiger partial charge in [-0.1, -0.05) is 11.8 Å². The summed E-state index contributed by atoms with van der Waals surface area (Å²) in [6.07, 6.45) is -4.67. The van der Waals surface area contributed by atoms with E-state index in [4.69, 9.17) is 5.11 Å². The lowest BCUT2D eigenvalue weighted by Gasteiger charge is -2.05. The van der Waals surface area contributed by atoms with Crippen LogP contribution in [0.15, 0.2) is 29.4 Å². The number of carboxylic acids is 1. The molecule has 0 amide bonds. The van der Waals surface area contributed by atoms with Crippen LogP contribution in [0.5, 0.6) is 0 Å². The highest BCUT2D eigenvalue weighted by atomic mass is 32.2. The van der Waals surface area contributed by atoms with E-state index in [0.717, 1.165) is 28.6 Å². The molecule has 0 aliphatic rings. The van der Waals surface area contributed by atoms with E-state index >= 15 is 0 Å². The molecule has 10 nitrogen and oxygen atoms in total. The average molecular weight is 428 g/mol. The van der Waals surface area contributed by atoms with Gasteiger partial charge in [0.15, 0.2) is 16.7 Å². The summed E-state index contributed by atoms with van der Waals surface area (Å²) in [6, 6.07) is 4.49. The molecular formula is C15H11F3N6O4S. The summed E-state index contributed by atoms with van der Waals surface area (Å²) in [5, 5.41) is 31.1. The first-order chi connectivity index (χ1) is 13.5. The highest BCUT2D eigenvalue weighted by molar-refractivity contribution is 7.99. The van der Waals surface area contributed by atoms with Gasteiger partial charge in [0.25, 0.3) is 5.69 Å². The van der Waals surface area contributed by atoms with E-state index in [2.05, 4.69) is 20.3 Å². The second-order valence-electron chi connectivity index (χ2n) is 5.72. The van der Waals surface area contributed by atoms with Gasteiger partial charge in [0.2, 0.25) is 0 Å². The zero-order valence-electron chi connectivity index (χ0n) is 14.5. The van der Waals surface area contributed by atoms with Crippen molar-refractivity contribution in [1.29, 1.82) is 0 Å². The number of nitrogens with zero attached hydrogens (tertiary/aromatic N) is 5. The maximum Gasteiger partial charge on any atom is 0.435 e. The van der Waals surface area contributed by atoms with Crippen molar-refractivity contribution in [3.05, 3.63) is 40.1 Å². The fourth-order valence-electron chi connectivity index (χ4n) is 2.45. The molecular weight excluding hydrogens is 417 g/mol. The topological polar surface area (TPSA) is 140 Å². The molecule has 3 aromatic rings. The fraction of sp³-hybridized carbons (Fsp3) is 0.200. The van der Waals surface area contributed by atoms with E-state index in [0.29, 0.717) is 0 Å². The number of H-pyrrole nitrogens is 1. The first-order valence-corrected chi connectivity index (χ1v) is 8.72. The van der Waals surface area contributed by atoms with E-state index in [-0.39, 0.29) is 39.2 Å². The molecule has 0 radical (unpaired) electrons. The Labute approximate surface area is 163 Å². The van der Waals surface area contributed by atoms with Gasteiger partial charge in [-0.25, -0.2) is 0 Å². The van der Waals surface area contributed by atoms with Gasteiger partial charge < -0.3 is 10.1 Å². The number of halogens is 3. The number of thioether (sulfide) groups is 1. The van der Waals surface area contributed by atoms with Crippen LogP contribution in [0, 0.1) is 10.1 Å². The molecule has 0 aliphatic carbocycles. The van der Waals surface area contributed by atoms with Crippen LogP contribution in [0.2, 0.25) is 0 Å². The van der Waals surface area contributed by atoms with Crippen LogP contribution >= 0.6 is 11.8 Å². The van der Waals surface area contributed by atoms with Crippen LogP contribution in [0.25, 0.3) is 22.6 Å². The molecule has 29 heavy (non-hydrogen) atoms. The first-order valence-electron chi connectivity index (χ1n) is 7.73. The predicted molar refractivity (Wildman–Crippen MR) is 94.0 cm³/mol. The number of hydrogen-bond donors (Lipinski definition) is 2. The van der Waals surface area contributed by atoms with Crippen molar-refractivity contribution in [2.45, 2.75) is 11.3 Å². The number of aliphatic carboxylic acids is 1. The number of hydrogen-bond acceptors (Lipinski definition) is 7. The Morgan fingerprint density at radius 1 is 1.28 bits per heavy atom. The number of aryl methyl sites for hydroxylation is 1. The molecule has 152 valence electrons. The highest BCUT2D eigenvalue weighted by Crippen LogP contribution is 2.34. The van der Waals surface area contributed by atoms with Gasteiger partial charge in [0.1, 0.15) is 0 Å². The monoisotopic (exact) mass is 428 g/mol. The number of alkyl halides is 3. The third kappa shape index (κ3) is 4.53. The number of nitrogens with one attached hydrogen (secondary N) is 1. The van der Waals surface area contributed by atoms with Crippen LogP contribution in [-0.4, -0.2) is 46.7 Å². The second kappa shape index (κ2) is 7.54. The third-order valence-electron chi connectivity index (χ3n) is 3.67. The minimum absolute atomic E-state index is 0.0160. The predicted octanol–water partition coefficient (Wildman–Crippen LogP) is 2.98. The molecule has 0 bridgehead atoms. The first kappa shape index (κ1) is 20.3. The lowest BCUT2D eigenvalue weighted by atomic mass is 10.1. The van der Waals surface area contributed by atoms with Crippen molar-refractivity contribution in [2.24, 2.45) is 7.05 Å². The Morgan fingerprint density at radius 3 is 2.55 bits per heavy atom. The number of carbonyl (C=O) groups is 1. The summed E-state index contributed by atoms with van der Waals surface area (Å²) in [5.41, 5.74) is -1.17. The molecule has 0 spiro atoms. The van der Waals surface area contributed by atoms with Crippen LogP contribution in [0.4, 0.5) is 18.9 Å². The van der Waals surface area contributed by atoms with Crippen molar-refractivity contribution >= 4 is 23.4 Å². The molecule has 0 saturated carbocycles. The zero-order chi connectivity index (χ0) is 21.3. The van der Waals surface area contributed by atoms with E-state index in [1.165, 1.54) is 19.2 Å². The molecule has 14 heteroatoms. The number of benzene rings is 1. The Kier molecular flexibility index (Phi) is 5.28. The van der Waals surface area contributed by atoms with Gasteiger partial charge in [0, 0.05) is 30.3 Å². The summed E-state index contributed by atoms with van der Waals surface area (Å²) in [6.45, 7) is 0. The fourth-order valence-corrected chi connectivity index (χ4v) is 2.98. The summed E-state index contributed by atoms with van der Waals surface area (Å²) in [5.74, 6) is -1.24. The number of nitro benzene ring substituents is 1. The van der Waals surface area contributed by atoms with Crippen molar-refractivity contribution in [3.8, 4) is 22.6 Å². The molecule has 2 aromatic heterocycles. The molecule has 1 aromatic carbocycles. The van der Waals surface area contributed by atoms with Gasteiger partial charge >= 0.3 is 12.1 Å². The summed E-state index contributed by atoms with van der Waals surface area (Å²) in [4.78, 5) is 24.0. The van der Waals surface area contributed by atoms with Crippen molar-refractivity contribution in [1.82, 2.24) is 25.0 Å². The number of carboxylic acid groups (broad SMARTS) is 1. The van der Waals surface area contributed by atoms with E-state index in [9.17, 15) is 28.1 Å². The molecule has 2 heterocycles. The number of nitro groups is 1. The quantitative estimate of drug-likeness (QED) is 0.347. The average Bonchev–Trinajstić information content (AvgIpc) is 3.26. The molecule has 0 unspecified atom stereocenters. The van der Waals surface area contributed by atoms with Gasteiger partial charge in [-0.3, -0.25) is 19.6 Å². The number of non-ortho nitro benzene ring substituents is 1. The summed E-state index contributed by atoms with van der Waals surface area (Å²) < 4.78 is 39.8. The molecule has 0 aliphatic heterocycles. The lowest BCUT2D eigenvalue weighted by Crippen LogP contribution is -2.06. The van der Waals surface area contributed by atoms with Crippen molar-refractivity contribution in [3.63, 3.8) is 0 Å². The minimum Gasteiger partial charge on any atom is -0.481 e. The van der Waals surface area contributed by atoms with Gasteiger partial charge in [-0.05, 0) is 12.1 Å². The molecule has 0 saturated heterocycles. The Balaban J connectivity index is 2.05. The second-order valence-corrected chi connectivity index (χ2v) is 6.69. The van der Waals surface area contributed by atoms with E-state index in [1.807, 2.05) is 0 Å². The summed E-state index contributed by atoms with van der Waals surface area (Å²) in [7, 11) is 1.29. The number of aromatic amines is 1. The zero-order valence-corrected chi connectivity index (χ0v) is 15.3. The van der Waals surface area contributed by atoms with Gasteiger partial charge in [-0.2, -0.15) is 18.3 Å². The normalized spacial score (nSPS) is 11.6. The van der Waals surface area contributed by atoms with Crippen LogP contribution in [0.3, 0.4) is 0 Å². The van der Waals surface area contributed by atoms with Crippen molar-refractivity contribution in [2.75, 3.05) is 5.75 Å². The van der Waals surface area contributed by atoms with Gasteiger partial charge in [0.05, 0.1) is 16.4 Å². The minimum atomic E-state index is -4.67.